The van der Waals surface area contributed by atoms with Gasteiger partial charge in [0.1, 0.15) is 5.65 Å². The van der Waals surface area contributed by atoms with Crippen molar-refractivity contribution >= 4 is 11.0 Å². The summed E-state index contributed by atoms with van der Waals surface area (Å²) < 4.78 is 2.13. The van der Waals surface area contributed by atoms with Gasteiger partial charge in [-0.15, -0.1) is 0 Å². The first-order valence-corrected chi connectivity index (χ1v) is 4.64. The zero-order valence-corrected chi connectivity index (χ0v) is 8.33. The monoisotopic (exact) mass is 174 g/mol. The highest BCUT2D eigenvalue weighted by molar-refractivity contribution is 5.81. The molecule has 2 aromatic rings. The molecule has 68 valence electrons. The predicted octanol–water partition coefficient (Wildman–Crippen LogP) is 2.44. The number of aromatic nitrogens is 2. The Balaban J connectivity index is 2.84. The van der Waals surface area contributed by atoms with Crippen molar-refractivity contribution < 1.29 is 0 Å². The van der Waals surface area contributed by atoms with Crippen molar-refractivity contribution in [3.8, 4) is 0 Å². The lowest BCUT2D eigenvalue weighted by Crippen LogP contribution is -1.92. The van der Waals surface area contributed by atoms with Crippen LogP contribution in [0.4, 0.5) is 0 Å². The van der Waals surface area contributed by atoms with Crippen LogP contribution in [-0.2, 0) is 13.5 Å². The molecule has 0 atom stereocenters. The van der Waals surface area contributed by atoms with Crippen LogP contribution in [0, 0.1) is 6.92 Å². The summed E-state index contributed by atoms with van der Waals surface area (Å²) >= 11 is 0. The van der Waals surface area contributed by atoms with E-state index in [9.17, 15) is 0 Å². The molecule has 0 aliphatic heterocycles. The zero-order valence-electron chi connectivity index (χ0n) is 8.33. The van der Waals surface area contributed by atoms with Gasteiger partial charge < -0.3 is 4.57 Å². The average Bonchev–Trinajstić information content (AvgIpc) is 2.43. The fourth-order valence-electron chi connectivity index (χ4n) is 1.71. The molecule has 0 aliphatic carbocycles. The highest BCUT2D eigenvalue weighted by Gasteiger charge is 2.05. The van der Waals surface area contributed by atoms with Gasteiger partial charge in [0.2, 0.25) is 0 Å². The molecule has 0 saturated carbocycles. The van der Waals surface area contributed by atoms with Gasteiger partial charge in [0, 0.05) is 24.3 Å². The Kier molecular flexibility index (Phi) is 1.83. The summed E-state index contributed by atoms with van der Waals surface area (Å²) in [5.41, 5.74) is 3.74. The third-order valence-electron chi connectivity index (χ3n) is 2.64. The summed E-state index contributed by atoms with van der Waals surface area (Å²) in [6.45, 7) is 4.29. The summed E-state index contributed by atoms with van der Waals surface area (Å²) in [4.78, 5) is 4.37. The third kappa shape index (κ3) is 1.13. The summed E-state index contributed by atoms with van der Waals surface area (Å²) in [6.07, 6.45) is 2.96. The quantitative estimate of drug-likeness (QED) is 0.649. The number of nitrogens with zero attached hydrogens (tertiary/aromatic N) is 2. The van der Waals surface area contributed by atoms with E-state index >= 15 is 0 Å². The molecule has 2 nitrogen and oxygen atoms in total. The topological polar surface area (TPSA) is 17.8 Å². The van der Waals surface area contributed by atoms with Crippen molar-refractivity contribution in [2.45, 2.75) is 20.3 Å². The molecule has 0 saturated heterocycles. The largest absolute Gasteiger partial charge is 0.333 e. The minimum Gasteiger partial charge on any atom is -0.333 e. The van der Waals surface area contributed by atoms with Gasteiger partial charge in [0.15, 0.2) is 0 Å². The number of fused-ring (bicyclic) bond motifs is 1. The molecule has 13 heavy (non-hydrogen) atoms. The molecular weight excluding hydrogens is 160 g/mol. The number of rotatable bonds is 1. The smallest absolute Gasteiger partial charge is 0.140 e. The van der Waals surface area contributed by atoms with E-state index < -0.39 is 0 Å². The SMILES string of the molecule is CCc1ccnc2c1cc(C)n2C. The fourth-order valence-corrected chi connectivity index (χ4v) is 1.71. The van der Waals surface area contributed by atoms with Gasteiger partial charge in [0.25, 0.3) is 0 Å². The highest BCUT2D eigenvalue weighted by atomic mass is 15.0. The Hall–Kier alpha value is -1.31. The molecule has 0 aromatic carbocycles. The molecule has 0 aliphatic rings. The first kappa shape index (κ1) is 8.30. The van der Waals surface area contributed by atoms with Gasteiger partial charge in [-0.25, -0.2) is 4.98 Å². The maximum absolute atomic E-state index is 4.37. The maximum Gasteiger partial charge on any atom is 0.140 e. The van der Waals surface area contributed by atoms with Gasteiger partial charge >= 0.3 is 0 Å². The molecule has 0 unspecified atom stereocenters. The van der Waals surface area contributed by atoms with Crippen molar-refractivity contribution in [1.29, 1.82) is 0 Å². The van der Waals surface area contributed by atoms with Crippen LogP contribution in [0.25, 0.3) is 11.0 Å². The molecule has 0 bridgehead atoms. The van der Waals surface area contributed by atoms with E-state index in [1.165, 1.54) is 16.6 Å². The second-order valence-electron chi connectivity index (χ2n) is 3.41. The lowest BCUT2D eigenvalue weighted by Gasteiger charge is -1.99. The van der Waals surface area contributed by atoms with Crippen molar-refractivity contribution in [2.75, 3.05) is 0 Å². The number of aryl methyl sites for hydroxylation is 3. The first-order chi connectivity index (χ1) is 6.24. The zero-order chi connectivity index (χ0) is 9.42. The van der Waals surface area contributed by atoms with Crippen LogP contribution in [0.1, 0.15) is 18.2 Å². The number of hydrogen-bond donors (Lipinski definition) is 0. The lowest BCUT2D eigenvalue weighted by molar-refractivity contribution is 0.901. The van der Waals surface area contributed by atoms with E-state index in [1.807, 2.05) is 6.20 Å². The Bertz CT molecular complexity index is 441. The van der Waals surface area contributed by atoms with Gasteiger partial charge in [-0.1, -0.05) is 6.92 Å². The molecule has 2 heterocycles. The van der Waals surface area contributed by atoms with E-state index in [1.54, 1.807) is 0 Å². The molecular formula is C11H14N2. The van der Waals surface area contributed by atoms with Crippen LogP contribution >= 0.6 is 0 Å². The third-order valence-corrected chi connectivity index (χ3v) is 2.64. The van der Waals surface area contributed by atoms with E-state index in [4.69, 9.17) is 0 Å². The molecule has 2 heteroatoms. The van der Waals surface area contributed by atoms with Crippen LogP contribution in [-0.4, -0.2) is 9.55 Å². The second kappa shape index (κ2) is 2.87. The first-order valence-electron chi connectivity index (χ1n) is 4.64. The van der Waals surface area contributed by atoms with Gasteiger partial charge in [-0.3, -0.25) is 0 Å². The van der Waals surface area contributed by atoms with Crippen molar-refractivity contribution in [1.82, 2.24) is 9.55 Å². The molecule has 0 spiro atoms. The lowest BCUT2D eigenvalue weighted by atomic mass is 10.1. The fraction of sp³-hybridized carbons (Fsp3) is 0.364. The van der Waals surface area contributed by atoms with E-state index in [2.05, 4.69) is 42.6 Å². The summed E-state index contributed by atoms with van der Waals surface area (Å²) in [5.74, 6) is 0. The van der Waals surface area contributed by atoms with Crippen molar-refractivity contribution in [3.05, 3.63) is 29.6 Å². The van der Waals surface area contributed by atoms with Gasteiger partial charge in [-0.2, -0.15) is 0 Å². The van der Waals surface area contributed by atoms with E-state index in [-0.39, 0.29) is 0 Å². The van der Waals surface area contributed by atoms with E-state index in [0.29, 0.717) is 0 Å². The number of hydrogen-bond acceptors (Lipinski definition) is 1. The van der Waals surface area contributed by atoms with Crippen LogP contribution in [0.3, 0.4) is 0 Å². The Morgan fingerprint density at radius 3 is 2.92 bits per heavy atom. The molecule has 0 amide bonds. The average molecular weight is 174 g/mol. The number of pyridine rings is 1. The molecule has 2 rings (SSSR count). The van der Waals surface area contributed by atoms with Gasteiger partial charge in [-0.05, 0) is 31.0 Å². The van der Waals surface area contributed by atoms with Gasteiger partial charge in [0.05, 0.1) is 0 Å². The summed E-state index contributed by atoms with van der Waals surface area (Å²) in [7, 11) is 2.06. The van der Waals surface area contributed by atoms with Crippen LogP contribution in [0.2, 0.25) is 0 Å². The van der Waals surface area contributed by atoms with Crippen LogP contribution < -0.4 is 0 Å². The molecule has 2 aromatic heterocycles. The summed E-state index contributed by atoms with van der Waals surface area (Å²) in [6, 6.07) is 4.31. The normalized spacial score (nSPS) is 11.0. The second-order valence-corrected chi connectivity index (χ2v) is 3.41. The standard InChI is InChI=1S/C11H14N2/c1-4-9-5-6-12-11-10(9)7-8(2)13(11)3/h5-7H,4H2,1-3H3. The van der Waals surface area contributed by atoms with E-state index in [0.717, 1.165) is 12.1 Å². The Labute approximate surface area is 78.2 Å². The van der Waals surface area contributed by atoms with Crippen molar-refractivity contribution in [3.63, 3.8) is 0 Å². The highest BCUT2D eigenvalue weighted by Crippen LogP contribution is 2.20. The minimum absolute atomic E-state index is 1.07. The molecule has 0 N–H and O–H groups in total. The van der Waals surface area contributed by atoms with Crippen LogP contribution in [0.5, 0.6) is 0 Å². The molecule has 0 radical (unpaired) electrons. The Morgan fingerprint density at radius 2 is 2.23 bits per heavy atom. The predicted molar refractivity (Wildman–Crippen MR) is 54.8 cm³/mol. The molecule has 0 fully saturated rings. The maximum atomic E-state index is 4.37. The van der Waals surface area contributed by atoms with Crippen LogP contribution in [0.15, 0.2) is 18.3 Å². The van der Waals surface area contributed by atoms with Crippen molar-refractivity contribution in [2.24, 2.45) is 7.05 Å². The summed E-state index contributed by atoms with van der Waals surface area (Å²) in [5, 5.41) is 1.30. The minimum atomic E-state index is 1.07. The Morgan fingerprint density at radius 1 is 1.46 bits per heavy atom.